The van der Waals surface area contributed by atoms with Gasteiger partial charge in [-0.2, -0.15) is 9.78 Å². The Morgan fingerprint density at radius 1 is 0.895 bits per heavy atom. The summed E-state index contributed by atoms with van der Waals surface area (Å²) in [7, 11) is 1.63. The fourth-order valence-corrected chi connectivity index (χ4v) is 4.91. The van der Waals surface area contributed by atoms with Crippen molar-refractivity contribution in [3.05, 3.63) is 117 Å². The van der Waals surface area contributed by atoms with Gasteiger partial charge in [0.15, 0.2) is 5.82 Å². The Balaban J connectivity index is 1.40. The molecule has 0 radical (unpaired) electrons. The van der Waals surface area contributed by atoms with E-state index in [9.17, 15) is 10.1 Å². The lowest BCUT2D eigenvalue weighted by molar-refractivity contribution is -0.384. The van der Waals surface area contributed by atoms with Crippen LogP contribution < -0.4 is 4.74 Å². The van der Waals surface area contributed by atoms with Crippen molar-refractivity contribution in [2.24, 2.45) is 5.10 Å². The fourth-order valence-electron chi connectivity index (χ4n) is 3.99. The van der Waals surface area contributed by atoms with Crippen molar-refractivity contribution in [3.63, 3.8) is 0 Å². The predicted octanol–water partition coefficient (Wildman–Crippen LogP) is 6.52. The van der Waals surface area contributed by atoms with Crippen molar-refractivity contribution in [3.8, 4) is 28.5 Å². The zero-order valence-electron chi connectivity index (χ0n) is 20.0. The van der Waals surface area contributed by atoms with Crippen LogP contribution in [0.1, 0.15) is 11.3 Å². The van der Waals surface area contributed by atoms with E-state index >= 15 is 0 Å². The van der Waals surface area contributed by atoms with Crippen LogP contribution in [-0.4, -0.2) is 32.6 Å². The number of ether oxygens (including phenoxy) is 1. The van der Waals surface area contributed by atoms with Crippen molar-refractivity contribution in [2.45, 2.75) is 5.16 Å². The van der Waals surface area contributed by atoms with Gasteiger partial charge in [-0.1, -0.05) is 30.3 Å². The maximum absolute atomic E-state index is 11.0. The minimum atomic E-state index is -0.427. The maximum atomic E-state index is 11.0. The smallest absolute Gasteiger partial charge is 0.269 e. The number of allylic oxidation sites excluding steroid dienone is 1. The van der Waals surface area contributed by atoms with Crippen molar-refractivity contribution in [2.75, 3.05) is 7.11 Å². The molecular weight excluding hydrogens is 502 g/mol. The van der Waals surface area contributed by atoms with Gasteiger partial charge in [0.2, 0.25) is 5.16 Å². The van der Waals surface area contributed by atoms with Crippen molar-refractivity contribution < 1.29 is 14.1 Å². The molecule has 0 aliphatic carbocycles. The van der Waals surface area contributed by atoms with Gasteiger partial charge in [0, 0.05) is 33.7 Å². The number of hydrogen-bond donors (Lipinski definition) is 0. The predicted molar refractivity (Wildman–Crippen MR) is 145 cm³/mol. The van der Waals surface area contributed by atoms with Crippen molar-refractivity contribution >= 4 is 29.2 Å². The van der Waals surface area contributed by atoms with E-state index in [4.69, 9.17) is 14.3 Å². The number of furan rings is 1. The molecule has 186 valence electrons. The van der Waals surface area contributed by atoms with Crippen molar-refractivity contribution in [1.82, 2.24) is 14.9 Å². The molecule has 10 heteroatoms. The summed E-state index contributed by atoms with van der Waals surface area (Å²) in [6, 6.07) is 27.4. The Morgan fingerprint density at radius 3 is 2.34 bits per heavy atom. The zero-order chi connectivity index (χ0) is 26.1. The number of nitrogens with zero attached hydrogens (tertiary/aromatic N) is 5. The van der Waals surface area contributed by atoms with Crippen LogP contribution >= 0.6 is 11.8 Å². The van der Waals surface area contributed by atoms with Crippen LogP contribution in [0.5, 0.6) is 5.75 Å². The van der Waals surface area contributed by atoms with E-state index < -0.39 is 4.92 Å². The molecule has 1 aliphatic rings. The van der Waals surface area contributed by atoms with Gasteiger partial charge >= 0.3 is 0 Å². The Morgan fingerprint density at radius 2 is 1.63 bits per heavy atom. The number of aromatic nitrogens is 3. The second kappa shape index (κ2) is 9.83. The highest BCUT2D eigenvalue weighted by molar-refractivity contribution is 8.04. The fraction of sp³-hybridized carbons (Fsp3) is 0.0357. The van der Waals surface area contributed by atoms with Crippen LogP contribution in [0.2, 0.25) is 0 Å². The molecule has 2 aromatic heterocycles. The molecule has 0 unspecified atom stereocenters. The lowest BCUT2D eigenvalue weighted by Crippen LogP contribution is -2.12. The van der Waals surface area contributed by atoms with E-state index in [1.165, 1.54) is 23.9 Å². The summed E-state index contributed by atoms with van der Waals surface area (Å²) in [5, 5.41) is 25.3. The minimum Gasteiger partial charge on any atom is -0.497 e. The van der Waals surface area contributed by atoms with Gasteiger partial charge < -0.3 is 9.15 Å². The summed E-state index contributed by atoms with van der Waals surface area (Å²) < 4.78 is 13.2. The molecule has 5 aromatic rings. The number of hydrogen-bond acceptors (Lipinski definition) is 8. The quantitative estimate of drug-likeness (QED) is 0.185. The SMILES string of the molecule is COc1ccc(C2=Nn3c(nnc3-c3ccccc3)S/C2=C/c2ccc(-c3ccc([N+](=O)[O-])cc3)o2)cc1. The number of nitro benzene ring substituents is 1. The molecule has 0 spiro atoms. The summed E-state index contributed by atoms with van der Waals surface area (Å²) in [6.07, 6.45) is 1.91. The lowest BCUT2D eigenvalue weighted by atomic mass is 10.1. The number of non-ortho nitro benzene ring substituents is 1. The number of fused-ring (bicyclic) bond motifs is 1. The number of thioether (sulfide) groups is 1. The van der Waals surface area contributed by atoms with Crippen LogP contribution in [0, 0.1) is 10.1 Å². The molecule has 3 aromatic carbocycles. The third-order valence-electron chi connectivity index (χ3n) is 5.90. The average molecular weight is 522 g/mol. The number of methoxy groups -OCH3 is 1. The molecule has 0 N–H and O–H groups in total. The Hall–Kier alpha value is -4.96. The molecule has 0 amide bonds. The first-order valence-corrected chi connectivity index (χ1v) is 12.4. The van der Waals surface area contributed by atoms with E-state index in [-0.39, 0.29) is 5.69 Å². The topological polar surface area (TPSA) is 109 Å². The van der Waals surface area contributed by atoms with E-state index in [1.54, 1.807) is 23.9 Å². The molecule has 0 atom stereocenters. The molecule has 1 aliphatic heterocycles. The standard InChI is InChI=1S/C28H19N5O4S/c1-36-22-13-9-19(10-14-22)26-25(38-28-30-29-27(32(28)31-26)20-5-3-2-4-6-20)17-23-15-16-24(37-23)18-7-11-21(12-8-18)33(34)35/h2-17H,1H3/b25-17+. The molecule has 0 fully saturated rings. The Kier molecular flexibility index (Phi) is 6.06. The van der Waals surface area contributed by atoms with E-state index in [1.807, 2.05) is 72.8 Å². The van der Waals surface area contributed by atoms with Gasteiger partial charge in [0.25, 0.3) is 5.69 Å². The second-order valence-corrected chi connectivity index (χ2v) is 9.29. The van der Waals surface area contributed by atoms with Crippen molar-refractivity contribution in [1.29, 1.82) is 0 Å². The molecule has 0 bridgehead atoms. The highest BCUT2D eigenvalue weighted by atomic mass is 32.2. The van der Waals surface area contributed by atoms with Gasteiger partial charge in [0.1, 0.15) is 23.0 Å². The van der Waals surface area contributed by atoms with E-state index in [0.29, 0.717) is 22.5 Å². The van der Waals surface area contributed by atoms with Crippen LogP contribution in [0.4, 0.5) is 5.69 Å². The van der Waals surface area contributed by atoms with E-state index in [0.717, 1.165) is 33.1 Å². The molecule has 0 saturated heterocycles. The second-order valence-electron chi connectivity index (χ2n) is 8.28. The highest BCUT2D eigenvalue weighted by Gasteiger charge is 2.25. The molecule has 9 nitrogen and oxygen atoms in total. The van der Waals surface area contributed by atoms with Gasteiger partial charge in [0.05, 0.1) is 12.0 Å². The Bertz CT molecular complexity index is 1690. The van der Waals surface area contributed by atoms with Gasteiger partial charge in [-0.3, -0.25) is 10.1 Å². The summed E-state index contributed by atoms with van der Waals surface area (Å²) >= 11 is 1.44. The number of rotatable bonds is 6. The molecule has 38 heavy (non-hydrogen) atoms. The largest absolute Gasteiger partial charge is 0.497 e. The first kappa shape index (κ1) is 23.4. The van der Waals surface area contributed by atoms with Crippen LogP contribution in [-0.2, 0) is 0 Å². The first-order valence-electron chi connectivity index (χ1n) is 11.6. The monoisotopic (exact) mass is 521 g/mol. The average Bonchev–Trinajstić information content (AvgIpc) is 3.60. The summed E-state index contributed by atoms with van der Waals surface area (Å²) in [5.41, 5.74) is 3.31. The van der Waals surface area contributed by atoms with Crippen LogP contribution in [0.15, 0.2) is 111 Å². The van der Waals surface area contributed by atoms with E-state index in [2.05, 4.69) is 10.2 Å². The normalized spacial score (nSPS) is 13.7. The van der Waals surface area contributed by atoms with Gasteiger partial charge in [-0.15, -0.1) is 10.2 Å². The number of nitro groups is 1. The summed E-state index contributed by atoms with van der Waals surface area (Å²) in [6.45, 7) is 0. The third-order valence-corrected chi connectivity index (χ3v) is 6.87. The number of benzene rings is 3. The summed E-state index contributed by atoms with van der Waals surface area (Å²) in [4.78, 5) is 11.4. The molecule has 0 saturated carbocycles. The highest BCUT2D eigenvalue weighted by Crippen LogP contribution is 2.37. The first-order chi connectivity index (χ1) is 18.6. The third kappa shape index (κ3) is 4.48. The van der Waals surface area contributed by atoms with Gasteiger partial charge in [-0.05, 0) is 66.4 Å². The molecule has 3 heterocycles. The lowest BCUT2D eigenvalue weighted by Gasteiger charge is -2.17. The summed E-state index contributed by atoms with van der Waals surface area (Å²) in [5.74, 6) is 2.61. The molecular formula is C28H19N5O4S. The maximum Gasteiger partial charge on any atom is 0.269 e. The van der Waals surface area contributed by atoms with Crippen LogP contribution in [0.3, 0.4) is 0 Å². The zero-order valence-corrected chi connectivity index (χ0v) is 20.8. The molecule has 6 rings (SSSR count). The van der Waals surface area contributed by atoms with Gasteiger partial charge in [-0.25, -0.2) is 0 Å². The minimum absolute atomic E-state index is 0.0283. The van der Waals surface area contributed by atoms with Crippen LogP contribution in [0.25, 0.3) is 28.8 Å². The Labute approximate surface area is 221 Å².